The van der Waals surface area contributed by atoms with Gasteiger partial charge in [0.15, 0.2) is 0 Å². The maximum atomic E-state index is 5.40. The highest BCUT2D eigenvalue weighted by Crippen LogP contribution is 2.29. The summed E-state index contributed by atoms with van der Waals surface area (Å²) in [5, 5.41) is 0. The smallest absolute Gasteiger partial charge is 0.125 e. The SMILES string of the molecule is COc1cc(CCc2ccccc2)cc(OC)c1C. The van der Waals surface area contributed by atoms with Gasteiger partial charge in [-0.25, -0.2) is 0 Å². The van der Waals surface area contributed by atoms with Gasteiger partial charge in [0.1, 0.15) is 11.5 Å². The molecule has 2 heteroatoms. The van der Waals surface area contributed by atoms with Crippen LogP contribution in [0.3, 0.4) is 0 Å². The quantitative estimate of drug-likeness (QED) is 0.810. The lowest BCUT2D eigenvalue weighted by Crippen LogP contribution is -1.97. The second kappa shape index (κ2) is 6.28. The van der Waals surface area contributed by atoms with Gasteiger partial charge in [0.2, 0.25) is 0 Å². The molecule has 100 valence electrons. The Morgan fingerprint density at radius 1 is 0.789 bits per heavy atom. The highest BCUT2D eigenvalue weighted by molar-refractivity contribution is 5.47. The van der Waals surface area contributed by atoms with Crippen LogP contribution in [0.5, 0.6) is 11.5 Å². The molecule has 0 aliphatic heterocycles. The minimum atomic E-state index is 0.891. The zero-order chi connectivity index (χ0) is 13.7. The van der Waals surface area contributed by atoms with E-state index in [0.29, 0.717) is 0 Å². The Hall–Kier alpha value is -1.96. The van der Waals surface area contributed by atoms with Gasteiger partial charge in [-0.3, -0.25) is 0 Å². The van der Waals surface area contributed by atoms with Gasteiger partial charge in [0, 0.05) is 5.56 Å². The summed E-state index contributed by atoms with van der Waals surface area (Å²) in [6.07, 6.45) is 2.01. The van der Waals surface area contributed by atoms with Crippen LogP contribution in [0.1, 0.15) is 16.7 Å². The molecule has 0 aliphatic carbocycles. The molecular weight excluding hydrogens is 236 g/mol. The van der Waals surface area contributed by atoms with Crippen molar-refractivity contribution in [1.29, 1.82) is 0 Å². The molecular formula is C17H20O2. The first-order chi connectivity index (χ1) is 9.24. The predicted molar refractivity (Wildman–Crippen MR) is 78.1 cm³/mol. The first kappa shape index (κ1) is 13.5. The summed E-state index contributed by atoms with van der Waals surface area (Å²) in [5.74, 6) is 1.78. The van der Waals surface area contributed by atoms with Crippen molar-refractivity contribution in [3.63, 3.8) is 0 Å². The zero-order valence-corrected chi connectivity index (χ0v) is 11.8. The molecule has 0 amide bonds. The largest absolute Gasteiger partial charge is 0.496 e. The fourth-order valence-electron chi connectivity index (χ4n) is 2.22. The van der Waals surface area contributed by atoms with Crippen molar-refractivity contribution in [3.05, 3.63) is 59.2 Å². The summed E-state index contributed by atoms with van der Waals surface area (Å²) in [4.78, 5) is 0. The Morgan fingerprint density at radius 2 is 1.32 bits per heavy atom. The summed E-state index contributed by atoms with van der Waals surface area (Å²) >= 11 is 0. The Balaban J connectivity index is 2.16. The summed E-state index contributed by atoms with van der Waals surface area (Å²) < 4.78 is 10.8. The second-order valence-corrected chi connectivity index (χ2v) is 4.61. The molecule has 2 rings (SSSR count). The summed E-state index contributed by atoms with van der Waals surface area (Å²) in [6, 6.07) is 14.7. The maximum absolute atomic E-state index is 5.40. The minimum Gasteiger partial charge on any atom is -0.496 e. The number of hydrogen-bond acceptors (Lipinski definition) is 2. The molecule has 0 N–H and O–H groups in total. The first-order valence-corrected chi connectivity index (χ1v) is 6.50. The van der Waals surface area contributed by atoms with Gasteiger partial charge >= 0.3 is 0 Å². The third-order valence-corrected chi connectivity index (χ3v) is 3.36. The fraction of sp³-hybridized carbons (Fsp3) is 0.294. The van der Waals surface area contributed by atoms with Crippen LogP contribution >= 0.6 is 0 Å². The van der Waals surface area contributed by atoms with E-state index in [1.807, 2.05) is 13.0 Å². The van der Waals surface area contributed by atoms with Crippen molar-refractivity contribution >= 4 is 0 Å². The Kier molecular flexibility index (Phi) is 4.45. The number of ether oxygens (including phenoxy) is 2. The van der Waals surface area contributed by atoms with E-state index in [1.165, 1.54) is 11.1 Å². The van der Waals surface area contributed by atoms with Gasteiger partial charge in [0.05, 0.1) is 14.2 Å². The standard InChI is InChI=1S/C17H20O2/c1-13-16(18-2)11-15(12-17(13)19-3)10-9-14-7-5-4-6-8-14/h4-8,11-12H,9-10H2,1-3H3. The Bertz CT molecular complexity index is 507. The number of methoxy groups -OCH3 is 2. The summed E-state index contributed by atoms with van der Waals surface area (Å²) in [6.45, 7) is 2.01. The fourth-order valence-corrected chi connectivity index (χ4v) is 2.22. The van der Waals surface area contributed by atoms with Crippen molar-refractivity contribution in [2.24, 2.45) is 0 Å². The van der Waals surface area contributed by atoms with E-state index in [9.17, 15) is 0 Å². The van der Waals surface area contributed by atoms with Crippen molar-refractivity contribution < 1.29 is 9.47 Å². The molecule has 0 spiro atoms. The maximum Gasteiger partial charge on any atom is 0.125 e. The van der Waals surface area contributed by atoms with E-state index in [-0.39, 0.29) is 0 Å². The molecule has 0 atom stereocenters. The molecule has 0 fully saturated rings. The van der Waals surface area contributed by atoms with Crippen molar-refractivity contribution in [1.82, 2.24) is 0 Å². The van der Waals surface area contributed by atoms with E-state index in [1.54, 1.807) is 14.2 Å². The van der Waals surface area contributed by atoms with Gasteiger partial charge < -0.3 is 9.47 Å². The third-order valence-electron chi connectivity index (χ3n) is 3.36. The van der Waals surface area contributed by atoms with Gasteiger partial charge in [-0.2, -0.15) is 0 Å². The predicted octanol–water partition coefficient (Wildman–Crippen LogP) is 3.80. The lowest BCUT2D eigenvalue weighted by molar-refractivity contribution is 0.388. The third kappa shape index (κ3) is 3.28. The molecule has 0 heterocycles. The molecule has 19 heavy (non-hydrogen) atoms. The summed E-state index contributed by atoms with van der Waals surface area (Å²) in [7, 11) is 3.39. The van der Waals surface area contributed by atoms with Crippen LogP contribution in [0.4, 0.5) is 0 Å². The van der Waals surface area contributed by atoms with E-state index in [0.717, 1.165) is 29.9 Å². The number of aryl methyl sites for hydroxylation is 2. The van der Waals surface area contributed by atoms with Gasteiger partial charge in [0.25, 0.3) is 0 Å². The van der Waals surface area contributed by atoms with E-state index >= 15 is 0 Å². The van der Waals surface area contributed by atoms with Crippen LogP contribution in [0.2, 0.25) is 0 Å². The minimum absolute atomic E-state index is 0.891. The molecule has 0 saturated carbocycles. The van der Waals surface area contributed by atoms with E-state index in [4.69, 9.17) is 9.47 Å². The first-order valence-electron chi connectivity index (χ1n) is 6.50. The van der Waals surface area contributed by atoms with E-state index < -0.39 is 0 Å². The van der Waals surface area contributed by atoms with Crippen LogP contribution in [-0.4, -0.2) is 14.2 Å². The topological polar surface area (TPSA) is 18.5 Å². The number of rotatable bonds is 5. The molecule has 2 nitrogen and oxygen atoms in total. The molecule has 0 bridgehead atoms. The molecule has 0 aromatic heterocycles. The Morgan fingerprint density at radius 3 is 1.84 bits per heavy atom. The van der Waals surface area contributed by atoms with Gasteiger partial charge in [-0.15, -0.1) is 0 Å². The van der Waals surface area contributed by atoms with Crippen LogP contribution < -0.4 is 9.47 Å². The molecule has 0 unspecified atom stereocenters. The zero-order valence-electron chi connectivity index (χ0n) is 11.8. The molecule has 0 radical (unpaired) electrons. The number of hydrogen-bond donors (Lipinski definition) is 0. The van der Waals surface area contributed by atoms with Crippen LogP contribution in [0.25, 0.3) is 0 Å². The molecule has 0 aliphatic rings. The lowest BCUT2D eigenvalue weighted by atomic mass is 10.0. The average Bonchev–Trinajstić information content (AvgIpc) is 2.47. The highest BCUT2D eigenvalue weighted by Gasteiger charge is 2.08. The summed E-state index contributed by atoms with van der Waals surface area (Å²) in [5.41, 5.74) is 3.64. The van der Waals surface area contributed by atoms with Crippen LogP contribution in [-0.2, 0) is 12.8 Å². The van der Waals surface area contributed by atoms with E-state index in [2.05, 4.69) is 36.4 Å². The van der Waals surface area contributed by atoms with Crippen molar-refractivity contribution in [2.75, 3.05) is 14.2 Å². The Labute approximate surface area is 115 Å². The van der Waals surface area contributed by atoms with Gasteiger partial charge in [-0.1, -0.05) is 30.3 Å². The average molecular weight is 256 g/mol. The lowest BCUT2D eigenvalue weighted by Gasteiger charge is -2.12. The highest BCUT2D eigenvalue weighted by atomic mass is 16.5. The normalized spacial score (nSPS) is 10.3. The van der Waals surface area contributed by atoms with Crippen molar-refractivity contribution in [3.8, 4) is 11.5 Å². The molecule has 2 aromatic rings. The van der Waals surface area contributed by atoms with Gasteiger partial charge in [-0.05, 0) is 43.0 Å². The molecule has 2 aromatic carbocycles. The van der Waals surface area contributed by atoms with Crippen LogP contribution in [0, 0.1) is 6.92 Å². The monoisotopic (exact) mass is 256 g/mol. The molecule has 0 saturated heterocycles. The van der Waals surface area contributed by atoms with Crippen LogP contribution in [0.15, 0.2) is 42.5 Å². The van der Waals surface area contributed by atoms with Crippen molar-refractivity contribution in [2.45, 2.75) is 19.8 Å². The number of benzene rings is 2. The second-order valence-electron chi connectivity index (χ2n) is 4.61.